The van der Waals surface area contributed by atoms with E-state index >= 15 is 0 Å². The van der Waals surface area contributed by atoms with Crippen molar-refractivity contribution < 1.29 is 4.74 Å². The van der Waals surface area contributed by atoms with Gasteiger partial charge in [-0.15, -0.1) is 11.3 Å². The molecule has 0 amide bonds. The fraction of sp³-hybridized carbons (Fsp3) is 0.786. The van der Waals surface area contributed by atoms with Crippen LogP contribution in [0.3, 0.4) is 0 Å². The van der Waals surface area contributed by atoms with Crippen LogP contribution in [-0.2, 0) is 17.7 Å². The highest BCUT2D eigenvalue weighted by Crippen LogP contribution is 2.42. The highest BCUT2D eigenvalue weighted by atomic mass is 32.1. The van der Waals surface area contributed by atoms with E-state index in [-0.39, 0.29) is 0 Å². The molecular formula is C14H24N2OS. The van der Waals surface area contributed by atoms with E-state index in [4.69, 9.17) is 9.72 Å². The van der Waals surface area contributed by atoms with E-state index < -0.39 is 0 Å². The van der Waals surface area contributed by atoms with Crippen molar-refractivity contribution in [2.75, 3.05) is 13.7 Å². The van der Waals surface area contributed by atoms with E-state index in [1.54, 1.807) is 7.11 Å². The Hall–Kier alpha value is -0.450. The minimum atomic E-state index is 0.538. The molecule has 1 aliphatic carbocycles. The molecule has 0 spiro atoms. The van der Waals surface area contributed by atoms with Crippen LogP contribution in [0.1, 0.15) is 54.6 Å². The lowest BCUT2D eigenvalue weighted by Crippen LogP contribution is -2.21. The summed E-state index contributed by atoms with van der Waals surface area (Å²) >= 11 is 1.89. The van der Waals surface area contributed by atoms with Gasteiger partial charge in [-0.2, -0.15) is 0 Å². The zero-order chi connectivity index (χ0) is 13.0. The quantitative estimate of drug-likeness (QED) is 0.736. The van der Waals surface area contributed by atoms with Crippen LogP contribution in [0.4, 0.5) is 0 Å². The highest BCUT2D eigenvalue weighted by molar-refractivity contribution is 7.11. The maximum Gasteiger partial charge on any atom is 0.0932 e. The van der Waals surface area contributed by atoms with Crippen LogP contribution in [0.5, 0.6) is 0 Å². The monoisotopic (exact) mass is 268 g/mol. The summed E-state index contributed by atoms with van der Waals surface area (Å²) in [5.41, 5.74) is 1.38. The standard InChI is InChI=1S/C14H24N2OS/c1-10(2)15-9-12-14(11-6-7-11)16-13(18-12)5-4-8-17-3/h10-11,15H,4-9H2,1-3H3. The molecule has 1 fully saturated rings. The van der Waals surface area contributed by atoms with Crippen LogP contribution >= 0.6 is 11.3 Å². The van der Waals surface area contributed by atoms with E-state index in [2.05, 4.69) is 19.2 Å². The minimum Gasteiger partial charge on any atom is -0.385 e. The lowest BCUT2D eigenvalue weighted by atomic mass is 10.2. The SMILES string of the molecule is COCCCc1nc(C2CC2)c(CNC(C)C)s1. The summed E-state index contributed by atoms with van der Waals surface area (Å²) in [6.45, 7) is 6.19. The topological polar surface area (TPSA) is 34.1 Å². The Morgan fingerprint density at radius 3 is 2.83 bits per heavy atom. The minimum absolute atomic E-state index is 0.538. The molecule has 3 nitrogen and oxygen atoms in total. The zero-order valence-electron chi connectivity index (χ0n) is 11.7. The van der Waals surface area contributed by atoms with Gasteiger partial charge in [0.25, 0.3) is 0 Å². The molecule has 1 saturated carbocycles. The zero-order valence-corrected chi connectivity index (χ0v) is 12.5. The third kappa shape index (κ3) is 4.04. The van der Waals surface area contributed by atoms with Crippen LogP contribution in [0.15, 0.2) is 0 Å². The Morgan fingerprint density at radius 2 is 2.22 bits per heavy atom. The molecule has 4 heteroatoms. The third-order valence-electron chi connectivity index (χ3n) is 3.15. The van der Waals surface area contributed by atoms with Crippen molar-refractivity contribution >= 4 is 11.3 Å². The Bertz CT molecular complexity index is 372. The fourth-order valence-electron chi connectivity index (χ4n) is 1.99. The first-order chi connectivity index (χ1) is 8.70. The van der Waals surface area contributed by atoms with Gasteiger partial charge in [0.1, 0.15) is 0 Å². The fourth-order valence-corrected chi connectivity index (χ4v) is 3.14. The number of aromatic nitrogens is 1. The largest absolute Gasteiger partial charge is 0.385 e. The van der Waals surface area contributed by atoms with Gasteiger partial charge in [-0.3, -0.25) is 0 Å². The molecular weight excluding hydrogens is 244 g/mol. The summed E-state index contributed by atoms with van der Waals surface area (Å²) in [5, 5.41) is 4.80. The number of methoxy groups -OCH3 is 1. The predicted octanol–water partition coefficient (Wildman–Crippen LogP) is 3.10. The lowest BCUT2D eigenvalue weighted by molar-refractivity contribution is 0.195. The van der Waals surface area contributed by atoms with Crippen molar-refractivity contribution in [3.05, 3.63) is 15.6 Å². The second-order valence-corrected chi connectivity index (χ2v) is 6.49. The van der Waals surface area contributed by atoms with Crippen LogP contribution in [0.25, 0.3) is 0 Å². The normalized spacial score (nSPS) is 15.6. The summed E-state index contributed by atoms with van der Waals surface area (Å²) in [4.78, 5) is 6.30. The maximum atomic E-state index is 5.10. The molecule has 0 radical (unpaired) electrons. The second-order valence-electron chi connectivity index (χ2n) is 5.32. The molecule has 2 rings (SSSR count). The second kappa shape index (κ2) is 6.64. The van der Waals surface area contributed by atoms with Crippen molar-refractivity contribution in [1.82, 2.24) is 10.3 Å². The Labute approximate surface area is 114 Å². The number of nitrogens with one attached hydrogen (secondary N) is 1. The predicted molar refractivity (Wildman–Crippen MR) is 76.3 cm³/mol. The summed E-state index contributed by atoms with van der Waals surface area (Å²) in [6.07, 6.45) is 4.79. The molecule has 1 aliphatic rings. The average molecular weight is 268 g/mol. The van der Waals surface area contributed by atoms with E-state index in [0.717, 1.165) is 31.9 Å². The van der Waals surface area contributed by atoms with Gasteiger partial charge in [-0.25, -0.2) is 4.98 Å². The van der Waals surface area contributed by atoms with Gasteiger partial charge in [-0.1, -0.05) is 13.8 Å². The molecule has 0 unspecified atom stereocenters. The van der Waals surface area contributed by atoms with E-state index in [1.165, 1.54) is 28.4 Å². The van der Waals surface area contributed by atoms with Gasteiger partial charge < -0.3 is 10.1 Å². The van der Waals surface area contributed by atoms with Crippen LogP contribution < -0.4 is 5.32 Å². The van der Waals surface area contributed by atoms with Crippen LogP contribution in [0.2, 0.25) is 0 Å². The highest BCUT2D eigenvalue weighted by Gasteiger charge is 2.29. The number of aryl methyl sites for hydroxylation is 1. The molecule has 1 heterocycles. The maximum absolute atomic E-state index is 5.10. The molecule has 102 valence electrons. The van der Waals surface area contributed by atoms with Crippen LogP contribution in [0, 0.1) is 0 Å². The molecule has 0 aromatic carbocycles. The van der Waals surface area contributed by atoms with Crippen molar-refractivity contribution in [3.8, 4) is 0 Å². The van der Waals surface area contributed by atoms with Gasteiger partial charge in [0, 0.05) is 43.5 Å². The van der Waals surface area contributed by atoms with Gasteiger partial charge in [0.15, 0.2) is 0 Å². The van der Waals surface area contributed by atoms with E-state index in [0.29, 0.717) is 6.04 Å². The van der Waals surface area contributed by atoms with Gasteiger partial charge >= 0.3 is 0 Å². The first kappa shape index (κ1) is 14.0. The number of hydrogen-bond donors (Lipinski definition) is 1. The van der Waals surface area contributed by atoms with Crippen molar-refractivity contribution in [1.29, 1.82) is 0 Å². The number of hydrogen-bond acceptors (Lipinski definition) is 4. The summed E-state index contributed by atoms with van der Waals surface area (Å²) in [5.74, 6) is 0.751. The van der Waals surface area contributed by atoms with Crippen molar-refractivity contribution in [2.45, 2.75) is 58.0 Å². The first-order valence-electron chi connectivity index (χ1n) is 6.91. The number of thiazole rings is 1. The van der Waals surface area contributed by atoms with Crippen molar-refractivity contribution in [2.24, 2.45) is 0 Å². The molecule has 0 bridgehead atoms. The summed E-state index contributed by atoms with van der Waals surface area (Å²) in [7, 11) is 1.76. The molecule has 1 aromatic heterocycles. The van der Waals surface area contributed by atoms with Crippen LogP contribution in [-0.4, -0.2) is 24.7 Å². The van der Waals surface area contributed by atoms with Gasteiger partial charge in [0.2, 0.25) is 0 Å². The van der Waals surface area contributed by atoms with Gasteiger partial charge in [0.05, 0.1) is 10.7 Å². The Balaban J connectivity index is 1.97. The first-order valence-corrected chi connectivity index (χ1v) is 7.73. The number of nitrogens with zero attached hydrogens (tertiary/aromatic N) is 1. The molecule has 0 aliphatic heterocycles. The number of ether oxygens (including phenoxy) is 1. The lowest BCUT2D eigenvalue weighted by Gasteiger charge is -2.07. The molecule has 18 heavy (non-hydrogen) atoms. The van der Waals surface area contributed by atoms with Crippen molar-refractivity contribution in [3.63, 3.8) is 0 Å². The Morgan fingerprint density at radius 1 is 1.44 bits per heavy atom. The molecule has 1 aromatic rings. The van der Waals surface area contributed by atoms with Gasteiger partial charge in [-0.05, 0) is 19.3 Å². The molecule has 0 saturated heterocycles. The Kier molecular flexibility index (Phi) is 5.15. The summed E-state index contributed by atoms with van der Waals surface area (Å²) < 4.78 is 5.10. The number of rotatable bonds is 8. The van der Waals surface area contributed by atoms with E-state index in [1.807, 2.05) is 11.3 Å². The average Bonchev–Trinajstić information content (AvgIpc) is 3.09. The smallest absolute Gasteiger partial charge is 0.0932 e. The van der Waals surface area contributed by atoms with E-state index in [9.17, 15) is 0 Å². The molecule has 0 atom stereocenters. The summed E-state index contributed by atoms with van der Waals surface area (Å²) in [6, 6.07) is 0.538. The molecule has 1 N–H and O–H groups in total. The third-order valence-corrected chi connectivity index (χ3v) is 4.28.